The van der Waals surface area contributed by atoms with Crippen LogP contribution in [0.4, 0.5) is 0 Å². The molecule has 0 radical (unpaired) electrons. The number of H-pyrrole nitrogens is 2. The fraction of sp³-hybridized carbons (Fsp3) is 0.312. The minimum atomic E-state index is -0.454. The monoisotopic (exact) mass is 390 g/mol. The first-order chi connectivity index (χ1) is 11.6. The quantitative estimate of drug-likeness (QED) is 0.707. The topological polar surface area (TPSA) is 95.0 Å². The van der Waals surface area contributed by atoms with Crippen LogP contribution < -0.4 is 11.2 Å². The van der Waals surface area contributed by atoms with Crippen molar-refractivity contribution >= 4 is 27.0 Å². The van der Waals surface area contributed by atoms with Gasteiger partial charge >= 0.3 is 5.69 Å². The molecular weight excluding hydrogens is 376 g/mol. The minimum Gasteiger partial charge on any atom is -0.441 e. The Bertz CT molecular complexity index is 1020. The van der Waals surface area contributed by atoms with Gasteiger partial charge in [0, 0.05) is 41.8 Å². The van der Waals surface area contributed by atoms with Gasteiger partial charge in [-0.15, -0.1) is 0 Å². The van der Waals surface area contributed by atoms with E-state index in [1.165, 1.54) is 0 Å². The van der Waals surface area contributed by atoms with E-state index in [9.17, 15) is 9.59 Å². The van der Waals surface area contributed by atoms with Gasteiger partial charge in [-0.2, -0.15) is 0 Å². The summed E-state index contributed by atoms with van der Waals surface area (Å²) in [6, 6.07) is 5.74. The molecule has 0 aliphatic carbocycles. The van der Waals surface area contributed by atoms with Crippen molar-refractivity contribution in [3.63, 3.8) is 0 Å². The van der Waals surface area contributed by atoms with Crippen LogP contribution >= 0.6 is 15.9 Å². The smallest absolute Gasteiger partial charge is 0.325 e. The third-order valence-corrected chi connectivity index (χ3v) is 4.72. The number of benzene rings is 1. The summed E-state index contributed by atoms with van der Waals surface area (Å²) < 4.78 is 6.72. The second-order valence-corrected chi connectivity index (χ2v) is 6.78. The lowest BCUT2D eigenvalue weighted by molar-refractivity contribution is 0.245. The van der Waals surface area contributed by atoms with Gasteiger partial charge in [0.15, 0.2) is 11.5 Å². The lowest BCUT2D eigenvalue weighted by atomic mass is 10.1. The van der Waals surface area contributed by atoms with Crippen LogP contribution in [0.25, 0.3) is 11.1 Å². The summed E-state index contributed by atoms with van der Waals surface area (Å²) in [6.07, 6.45) is 1.30. The van der Waals surface area contributed by atoms with E-state index < -0.39 is 5.69 Å². The van der Waals surface area contributed by atoms with E-state index in [-0.39, 0.29) is 5.56 Å². The number of hydrogen-bond donors (Lipinski definition) is 2. The summed E-state index contributed by atoms with van der Waals surface area (Å²) in [6.45, 7) is 2.08. The Morgan fingerprint density at radius 2 is 2.17 bits per heavy atom. The average molecular weight is 391 g/mol. The molecule has 3 heterocycles. The Hall–Kier alpha value is -2.19. The number of aromatic nitrogens is 3. The minimum absolute atomic E-state index is 0.280. The molecule has 1 aliphatic heterocycles. The predicted octanol–water partition coefficient (Wildman–Crippen LogP) is 1.57. The molecule has 4 rings (SSSR count). The number of aromatic amines is 2. The summed E-state index contributed by atoms with van der Waals surface area (Å²) in [7, 11) is 0. The normalized spacial score (nSPS) is 14.9. The number of hydrogen-bond acceptors (Lipinski definition) is 5. The zero-order chi connectivity index (χ0) is 16.7. The largest absolute Gasteiger partial charge is 0.441 e. The van der Waals surface area contributed by atoms with Crippen molar-refractivity contribution in [3.05, 3.63) is 60.7 Å². The SMILES string of the molecule is O=c1[nH]c2c(c(=O)[nH]1)CCN(CCc1nc3cc(Br)ccc3o1)C2. The van der Waals surface area contributed by atoms with E-state index in [4.69, 9.17) is 4.42 Å². The van der Waals surface area contributed by atoms with E-state index in [2.05, 4.69) is 35.8 Å². The third kappa shape index (κ3) is 2.94. The number of oxazole rings is 1. The zero-order valence-corrected chi connectivity index (χ0v) is 14.4. The molecule has 0 bridgehead atoms. The van der Waals surface area contributed by atoms with E-state index in [1.54, 1.807) is 0 Å². The molecule has 0 amide bonds. The first kappa shape index (κ1) is 15.3. The summed E-state index contributed by atoms with van der Waals surface area (Å²) in [4.78, 5) is 34.9. The van der Waals surface area contributed by atoms with Crippen LogP contribution in [0.3, 0.4) is 0 Å². The van der Waals surface area contributed by atoms with Gasteiger partial charge in [-0.05, 0) is 24.6 Å². The summed E-state index contributed by atoms with van der Waals surface area (Å²) in [5, 5.41) is 0. The number of fused-ring (bicyclic) bond motifs is 2. The van der Waals surface area contributed by atoms with Gasteiger partial charge in [-0.3, -0.25) is 14.7 Å². The Morgan fingerprint density at radius 1 is 1.29 bits per heavy atom. The van der Waals surface area contributed by atoms with Crippen LogP contribution in [-0.4, -0.2) is 32.9 Å². The Morgan fingerprint density at radius 3 is 3.04 bits per heavy atom. The fourth-order valence-electron chi connectivity index (χ4n) is 3.03. The third-order valence-electron chi connectivity index (χ3n) is 4.23. The molecule has 24 heavy (non-hydrogen) atoms. The number of nitrogens with zero attached hydrogens (tertiary/aromatic N) is 2. The Balaban J connectivity index is 1.48. The molecule has 0 spiro atoms. The van der Waals surface area contributed by atoms with Crippen molar-refractivity contribution in [3.8, 4) is 0 Å². The van der Waals surface area contributed by atoms with Crippen LogP contribution in [0.1, 0.15) is 17.1 Å². The van der Waals surface area contributed by atoms with E-state index in [1.807, 2.05) is 18.2 Å². The lowest BCUT2D eigenvalue weighted by Crippen LogP contribution is -2.39. The highest BCUT2D eigenvalue weighted by Crippen LogP contribution is 2.21. The summed E-state index contributed by atoms with van der Waals surface area (Å²) in [5.74, 6) is 0.688. The van der Waals surface area contributed by atoms with Gasteiger partial charge in [0.1, 0.15) is 5.52 Å². The Kier molecular flexibility index (Phi) is 3.85. The maximum absolute atomic E-state index is 11.8. The van der Waals surface area contributed by atoms with Crippen molar-refractivity contribution in [2.45, 2.75) is 19.4 Å². The molecule has 0 saturated carbocycles. The van der Waals surface area contributed by atoms with Crippen LogP contribution in [0.15, 0.2) is 36.7 Å². The summed E-state index contributed by atoms with van der Waals surface area (Å²) in [5.41, 5.74) is 2.25. The molecule has 0 atom stereocenters. The van der Waals surface area contributed by atoms with Crippen LogP contribution in [0.5, 0.6) is 0 Å². The second kappa shape index (κ2) is 6.03. The summed E-state index contributed by atoms with van der Waals surface area (Å²) >= 11 is 3.42. The Labute approximate surface area is 144 Å². The first-order valence-electron chi connectivity index (χ1n) is 7.70. The molecule has 2 aromatic heterocycles. The van der Waals surface area contributed by atoms with Gasteiger partial charge in [0.05, 0.1) is 0 Å². The van der Waals surface area contributed by atoms with Gasteiger partial charge in [0.25, 0.3) is 5.56 Å². The van der Waals surface area contributed by atoms with Crippen LogP contribution in [0.2, 0.25) is 0 Å². The maximum atomic E-state index is 11.8. The predicted molar refractivity (Wildman–Crippen MR) is 92.1 cm³/mol. The van der Waals surface area contributed by atoms with E-state index >= 15 is 0 Å². The standard InChI is InChI=1S/C16H15BrN4O3/c17-9-1-2-13-11(7-9)18-14(24-13)4-6-21-5-3-10-12(8-21)19-16(23)20-15(10)22/h1-2,7H,3-6,8H2,(H2,19,20,22,23). The molecule has 1 aliphatic rings. The second-order valence-electron chi connectivity index (χ2n) is 5.86. The number of nitrogens with one attached hydrogen (secondary N) is 2. The highest BCUT2D eigenvalue weighted by Gasteiger charge is 2.20. The van der Waals surface area contributed by atoms with Crippen LogP contribution in [-0.2, 0) is 19.4 Å². The average Bonchev–Trinajstić information content (AvgIpc) is 2.94. The van der Waals surface area contributed by atoms with Gasteiger partial charge in [-0.1, -0.05) is 15.9 Å². The molecule has 8 heteroatoms. The van der Waals surface area contributed by atoms with Crippen molar-refractivity contribution in [2.75, 3.05) is 13.1 Å². The van der Waals surface area contributed by atoms with Gasteiger partial charge in [-0.25, -0.2) is 9.78 Å². The number of halogens is 1. The molecular formula is C16H15BrN4O3. The van der Waals surface area contributed by atoms with Crippen molar-refractivity contribution in [1.82, 2.24) is 19.9 Å². The molecule has 124 valence electrons. The van der Waals surface area contributed by atoms with Crippen LogP contribution in [0, 0.1) is 0 Å². The fourth-order valence-corrected chi connectivity index (χ4v) is 3.38. The lowest BCUT2D eigenvalue weighted by Gasteiger charge is -2.27. The molecule has 0 fully saturated rings. The molecule has 7 nitrogen and oxygen atoms in total. The van der Waals surface area contributed by atoms with Gasteiger partial charge in [0.2, 0.25) is 0 Å². The molecule has 0 saturated heterocycles. The number of rotatable bonds is 3. The van der Waals surface area contributed by atoms with Crippen molar-refractivity contribution in [1.29, 1.82) is 0 Å². The zero-order valence-electron chi connectivity index (χ0n) is 12.8. The molecule has 0 unspecified atom stereocenters. The van der Waals surface area contributed by atoms with Gasteiger partial charge < -0.3 is 9.40 Å². The first-order valence-corrected chi connectivity index (χ1v) is 8.49. The van der Waals surface area contributed by atoms with Crippen molar-refractivity contribution in [2.24, 2.45) is 0 Å². The maximum Gasteiger partial charge on any atom is 0.325 e. The molecule has 3 aromatic rings. The molecule has 2 N–H and O–H groups in total. The van der Waals surface area contributed by atoms with E-state index in [0.717, 1.165) is 28.7 Å². The van der Waals surface area contributed by atoms with E-state index in [0.29, 0.717) is 36.5 Å². The highest BCUT2D eigenvalue weighted by atomic mass is 79.9. The molecule has 1 aromatic carbocycles. The van der Waals surface area contributed by atoms with Crippen molar-refractivity contribution < 1.29 is 4.42 Å². The highest BCUT2D eigenvalue weighted by molar-refractivity contribution is 9.10.